The Bertz CT molecular complexity index is 522. The number of hydrogen-bond acceptors (Lipinski definition) is 4. The third-order valence-electron chi connectivity index (χ3n) is 2.90. The van der Waals surface area contributed by atoms with E-state index >= 15 is 0 Å². The van der Waals surface area contributed by atoms with Crippen LogP contribution in [0, 0.1) is 0 Å². The van der Waals surface area contributed by atoms with E-state index < -0.39 is 0 Å². The van der Waals surface area contributed by atoms with Gasteiger partial charge in [0.05, 0.1) is 10.2 Å². The molecule has 0 aliphatic carbocycles. The Morgan fingerprint density at radius 2 is 2.18 bits per heavy atom. The topological polar surface area (TPSA) is 34.2 Å². The molecule has 0 radical (unpaired) electrons. The number of hydrogen-bond donors (Lipinski definition) is 1. The van der Waals surface area contributed by atoms with Gasteiger partial charge in [-0.15, -0.1) is 0 Å². The van der Waals surface area contributed by atoms with Gasteiger partial charge >= 0.3 is 0 Å². The van der Waals surface area contributed by atoms with Gasteiger partial charge in [-0.2, -0.15) is 0 Å². The molecular weight excluding hydrogens is 256 g/mol. The Labute approximate surface area is 109 Å². The number of fused-ring (bicyclic) bond motifs is 1. The average Bonchev–Trinajstić information content (AvgIpc) is 2.71. The summed E-state index contributed by atoms with van der Waals surface area (Å²) >= 11 is 7.62. The monoisotopic (exact) mass is 268 g/mol. The fourth-order valence-electron chi connectivity index (χ4n) is 1.98. The molecule has 3 rings (SSSR count). The summed E-state index contributed by atoms with van der Waals surface area (Å²) in [5.74, 6) is 0. The molecule has 2 heterocycles. The average molecular weight is 269 g/mol. The SMILES string of the molecule is Clc1ccc2nc(NC3CCOCC3)sc2c1. The molecular formula is C12H13ClN2OS. The van der Waals surface area contributed by atoms with Crippen molar-refractivity contribution >= 4 is 38.3 Å². The van der Waals surface area contributed by atoms with E-state index in [-0.39, 0.29) is 0 Å². The van der Waals surface area contributed by atoms with E-state index in [0.717, 1.165) is 46.4 Å². The maximum atomic E-state index is 5.96. The third kappa shape index (κ3) is 2.54. The van der Waals surface area contributed by atoms with Crippen LogP contribution in [0.4, 0.5) is 5.13 Å². The molecule has 5 heteroatoms. The van der Waals surface area contributed by atoms with E-state index in [1.807, 2.05) is 18.2 Å². The summed E-state index contributed by atoms with van der Waals surface area (Å²) in [4.78, 5) is 4.56. The van der Waals surface area contributed by atoms with Crippen LogP contribution in [0.3, 0.4) is 0 Å². The summed E-state index contributed by atoms with van der Waals surface area (Å²) in [6, 6.07) is 6.29. The zero-order valence-electron chi connectivity index (χ0n) is 9.28. The highest BCUT2D eigenvalue weighted by atomic mass is 35.5. The van der Waals surface area contributed by atoms with Gasteiger partial charge in [0.1, 0.15) is 0 Å². The minimum absolute atomic E-state index is 0.486. The lowest BCUT2D eigenvalue weighted by molar-refractivity contribution is 0.0904. The zero-order valence-corrected chi connectivity index (χ0v) is 10.9. The summed E-state index contributed by atoms with van der Waals surface area (Å²) in [6.07, 6.45) is 2.10. The second kappa shape index (κ2) is 4.80. The molecule has 2 aromatic rings. The van der Waals surface area contributed by atoms with Crippen molar-refractivity contribution in [3.63, 3.8) is 0 Å². The van der Waals surface area contributed by atoms with E-state index in [2.05, 4.69) is 10.3 Å². The van der Waals surface area contributed by atoms with Crippen LogP contribution < -0.4 is 5.32 Å². The molecule has 90 valence electrons. The van der Waals surface area contributed by atoms with Crippen molar-refractivity contribution in [1.29, 1.82) is 0 Å². The molecule has 1 fully saturated rings. The van der Waals surface area contributed by atoms with Gasteiger partial charge in [0.2, 0.25) is 0 Å². The van der Waals surface area contributed by atoms with Crippen LogP contribution in [-0.2, 0) is 4.74 Å². The zero-order chi connectivity index (χ0) is 11.7. The number of aromatic nitrogens is 1. The summed E-state index contributed by atoms with van der Waals surface area (Å²) < 4.78 is 6.47. The lowest BCUT2D eigenvalue weighted by Gasteiger charge is -2.22. The highest BCUT2D eigenvalue weighted by Gasteiger charge is 2.15. The molecule has 3 nitrogen and oxygen atoms in total. The van der Waals surface area contributed by atoms with Crippen molar-refractivity contribution in [2.24, 2.45) is 0 Å². The molecule has 1 N–H and O–H groups in total. The first-order chi connectivity index (χ1) is 8.31. The van der Waals surface area contributed by atoms with Crippen molar-refractivity contribution in [2.75, 3.05) is 18.5 Å². The molecule has 0 saturated carbocycles. The molecule has 0 spiro atoms. The normalized spacial score (nSPS) is 17.5. The number of nitrogens with zero attached hydrogens (tertiary/aromatic N) is 1. The second-order valence-electron chi connectivity index (χ2n) is 4.16. The smallest absolute Gasteiger partial charge is 0.184 e. The minimum Gasteiger partial charge on any atom is -0.381 e. The molecule has 1 aromatic carbocycles. The fraction of sp³-hybridized carbons (Fsp3) is 0.417. The van der Waals surface area contributed by atoms with Gasteiger partial charge in [-0.1, -0.05) is 22.9 Å². The number of rotatable bonds is 2. The quantitative estimate of drug-likeness (QED) is 0.905. The van der Waals surface area contributed by atoms with Gasteiger partial charge in [-0.05, 0) is 31.0 Å². The van der Waals surface area contributed by atoms with Crippen LogP contribution in [0.2, 0.25) is 5.02 Å². The first kappa shape index (κ1) is 11.3. The number of ether oxygens (including phenoxy) is 1. The van der Waals surface area contributed by atoms with Gasteiger partial charge in [0, 0.05) is 24.3 Å². The predicted molar refractivity (Wildman–Crippen MR) is 72.1 cm³/mol. The van der Waals surface area contributed by atoms with Crippen molar-refractivity contribution < 1.29 is 4.74 Å². The highest BCUT2D eigenvalue weighted by Crippen LogP contribution is 2.29. The maximum Gasteiger partial charge on any atom is 0.184 e. The van der Waals surface area contributed by atoms with E-state index in [0.29, 0.717) is 6.04 Å². The number of halogens is 1. The van der Waals surface area contributed by atoms with Crippen LogP contribution in [0.1, 0.15) is 12.8 Å². The number of nitrogens with one attached hydrogen (secondary N) is 1. The van der Waals surface area contributed by atoms with E-state index in [1.54, 1.807) is 11.3 Å². The van der Waals surface area contributed by atoms with Crippen molar-refractivity contribution in [3.8, 4) is 0 Å². The molecule has 0 unspecified atom stereocenters. The highest BCUT2D eigenvalue weighted by molar-refractivity contribution is 7.22. The van der Waals surface area contributed by atoms with Crippen LogP contribution in [0.15, 0.2) is 18.2 Å². The predicted octanol–water partition coefficient (Wildman–Crippen LogP) is 3.54. The van der Waals surface area contributed by atoms with Crippen LogP contribution in [0.5, 0.6) is 0 Å². The summed E-state index contributed by atoms with van der Waals surface area (Å²) in [5.41, 5.74) is 1.01. The number of benzene rings is 1. The molecule has 1 saturated heterocycles. The summed E-state index contributed by atoms with van der Waals surface area (Å²) in [6.45, 7) is 1.68. The maximum absolute atomic E-state index is 5.96. The standard InChI is InChI=1S/C12H13ClN2OS/c13-8-1-2-10-11(7-8)17-12(15-10)14-9-3-5-16-6-4-9/h1-2,7,9H,3-6H2,(H,14,15). The van der Waals surface area contributed by atoms with Crippen LogP contribution >= 0.6 is 22.9 Å². The van der Waals surface area contributed by atoms with E-state index in [1.165, 1.54) is 0 Å². The van der Waals surface area contributed by atoms with Gasteiger partial charge in [0.15, 0.2) is 5.13 Å². The first-order valence-electron chi connectivity index (χ1n) is 5.71. The number of thiazole rings is 1. The number of anilines is 1. The lowest BCUT2D eigenvalue weighted by atomic mass is 10.1. The lowest BCUT2D eigenvalue weighted by Crippen LogP contribution is -2.27. The molecule has 0 amide bonds. The van der Waals surface area contributed by atoms with Gasteiger partial charge in [-0.25, -0.2) is 4.98 Å². The summed E-state index contributed by atoms with van der Waals surface area (Å²) in [7, 11) is 0. The van der Waals surface area contributed by atoms with Gasteiger partial charge in [0.25, 0.3) is 0 Å². The molecule has 1 aliphatic heterocycles. The molecule has 0 bridgehead atoms. The van der Waals surface area contributed by atoms with Gasteiger partial charge < -0.3 is 10.1 Å². The van der Waals surface area contributed by atoms with Crippen molar-refractivity contribution in [1.82, 2.24) is 4.98 Å². The Balaban J connectivity index is 1.80. The fourth-order valence-corrected chi connectivity index (χ4v) is 3.20. The Morgan fingerprint density at radius 3 is 3.00 bits per heavy atom. The largest absolute Gasteiger partial charge is 0.381 e. The van der Waals surface area contributed by atoms with Crippen LogP contribution in [0.25, 0.3) is 10.2 Å². The Kier molecular flexibility index (Phi) is 3.18. The third-order valence-corrected chi connectivity index (χ3v) is 4.08. The molecule has 17 heavy (non-hydrogen) atoms. The second-order valence-corrected chi connectivity index (χ2v) is 5.63. The first-order valence-corrected chi connectivity index (χ1v) is 6.91. The summed E-state index contributed by atoms with van der Waals surface area (Å²) in [5, 5.41) is 5.22. The molecule has 1 aromatic heterocycles. The van der Waals surface area contributed by atoms with Crippen molar-refractivity contribution in [2.45, 2.75) is 18.9 Å². The minimum atomic E-state index is 0.486. The van der Waals surface area contributed by atoms with Crippen LogP contribution in [-0.4, -0.2) is 24.2 Å². The van der Waals surface area contributed by atoms with Gasteiger partial charge in [-0.3, -0.25) is 0 Å². The Hall–Kier alpha value is -0.840. The van der Waals surface area contributed by atoms with Crippen molar-refractivity contribution in [3.05, 3.63) is 23.2 Å². The molecule has 0 atom stereocenters. The Morgan fingerprint density at radius 1 is 1.35 bits per heavy atom. The molecule has 1 aliphatic rings. The van der Waals surface area contributed by atoms with E-state index in [9.17, 15) is 0 Å². The van der Waals surface area contributed by atoms with E-state index in [4.69, 9.17) is 16.3 Å².